The van der Waals surface area contributed by atoms with Gasteiger partial charge in [-0.3, -0.25) is 14.4 Å². The molecule has 5 aromatic rings. The molecule has 10 nitrogen and oxygen atoms in total. The van der Waals surface area contributed by atoms with Crippen LogP contribution >= 0.6 is 0 Å². The summed E-state index contributed by atoms with van der Waals surface area (Å²) in [4.78, 5) is 47.2. The quantitative estimate of drug-likeness (QED) is 0.254. The molecule has 3 saturated heterocycles. The van der Waals surface area contributed by atoms with Crippen molar-refractivity contribution in [2.75, 3.05) is 44.2 Å². The fraction of sp³-hybridized carbons (Fsp3) is 0.342. The first-order chi connectivity index (χ1) is 23.9. The first-order valence-corrected chi connectivity index (χ1v) is 17.2. The van der Waals surface area contributed by atoms with Gasteiger partial charge in [0.05, 0.1) is 11.1 Å². The summed E-state index contributed by atoms with van der Waals surface area (Å²) in [6.07, 6.45) is 6.38. The summed E-state index contributed by atoms with van der Waals surface area (Å²) in [5.74, 6) is -0.346. The number of pyridine rings is 1. The maximum atomic E-state index is 16.3. The summed E-state index contributed by atoms with van der Waals surface area (Å²) >= 11 is 0. The van der Waals surface area contributed by atoms with E-state index in [1.54, 1.807) is 27.8 Å². The molecule has 0 bridgehead atoms. The Balaban J connectivity index is 1.03. The maximum Gasteiger partial charge on any atom is 0.287 e. The zero-order valence-electron chi connectivity index (χ0n) is 27.0. The number of para-hydroxylation sites is 3. The van der Waals surface area contributed by atoms with Crippen LogP contribution in [0.3, 0.4) is 0 Å². The van der Waals surface area contributed by atoms with Crippen LogP contribution in [0, 0.1) is 5.82 Å². The fourth-order valence-electron chi connectivity index (χ4n) is 8.14. The smallest absolute Gasteiger partial charge is 0.287 e. The van der Waals surface area contributed by atoms with Crippen molar-refractivity contribution in [3.05, 3.63) is 94.2 Å². The highest BCUT2D eigenvalue weighted by atomic mass is 19.1. The second-order valence-electron chi connectivity index (χ2n) is 13.6. The van der Waals surface area contributed by atoms with Gasteiger partial charge in [0.25, 0.3) is 11.8 Å². The molecule has 6 heterocycles. The van der Waals surface area contributed by atoms with Crippen molar-refractivity contribution in [2.24, 2.45) is 0 Å². The highest BCUT2D eigenvalue weighted by Gasteiger charge is 2.35. The molecule has 4 aliphatic rings. The minimum absolute atomic E-state index is 0.0245. The van der Waals surface area contributed by atoms with Crippen molar-refractivity contribution in [1.29, 1.82) is 0 Å². The van der Waals surface area contributed by atoms with E-state index >= 15 is 4.39 Å². The van der Waals surface area contributed by atoms with Crippen molar-refractivity contribution < 1.29 is 23.1 Å². The van der Waals surface area contributed by atoms with Crippen LogP contribution in [-0.2, 0) is 0 Å². The van der Waals surface area contributed by atoms with Crippen molar-refractivity contribution in [1.82, 2.24) is 19.7 Å². The normalized spacial score (nSPS) is 19.4. The zero-order chi connectivity index (χ0) is 33.2. The van der Waals surface area contributed by atoms with Crippen LogP contribution in [0.4, 0.5) is 10.1 Å². The van der Waals surface area contributed by atoms with Crippen LogP contribution in [0.15, 0.2) is 76.1 Å². The lowest BCUT2D eigenvalue weighted by Crippen LogP contribution is -2.46. The molecule has 0 aliphatic carbocycles. The molecule has 49 heavy (non-hydrogen) atoms. The Morgan fingerprint density at radius 2 is 1.67 bits per heavy atom. The number of halogens is 1. The molecule has 11 heteroatoms. The second kappa shape index (κ2) is 11.8. The Bertz CT molecular complexity index is 2160. The standard InChI is InChI=1S/C38H36FN5O5/c39-28-20-26-33-36(34(28)43-16-11-24(21-43)40-37(46)32-19-23-7-1-3-9-30(23)48-32)49-31-10-4-2-8-29(31)44(33)22-27(35(26)45)38(47)42-17-12-25(13-18-42)41-14-5-6-15-41/h1-4,7-10,19-20,22,24-25H,5-6,11-18,21H2,(H,40,46). The molecule has 0 saturated carbocycles. The van der Waals surface area contributed by atoms with Crippen LogP contribution in [-0.4, -0.2) is 77.5 Å². The van der Waals surface area contributed by atoms with Gasteiger partial charge in [-0.25, -0.2) is 4.39 Å². The average Bonchev–Trinajstić information content (AvgIpc) is 3.91. The number of aromatic nitrogens is 1. The predicted octanol–water partition coefficient (Wildman–Crippen LogP) is 5.69. The highest BCUT2D eigenvalue weighted by molar-refractivity contribution is 6.01. The van der Waals surface area contributed by atoms with Crippen LogP contribution < -0.4 is 20.4 Å². The minimum atomic E-state index is -0.620. The van der Waals surface area contributed by atoms with E-state index in [1.807, 2.05) is 47.4 Å². The molecule has 4 aliphatic heterocycles. The number of hydrogen-bond donors (Lipinski definition) is 1. The Morgan fingerprint density at radius 3 is 2.49 bits per heavy atom. The molecule has 2 amide bonds. The largest absolute Gasteiger partial charge is 0.451 e. The van der Waals surface area contributed by atoms with Gasteiger partial charge in [0.15, 0.2) is 23.1 Å². The van der Waals surface area contributed by atoms with Gasteiger partial charge in [-0.1, -0.05) is 30.3 Å². The molecular formula is C38H36FN5O5. The minimum Gasteiger partial charge on any atom is -0.451 e. The van der Waals surface area contributed by atoms with Gasteiger partial charge in [0, 0.05) is 49.8 Å². The molecule has 3 fully saturated rings. The number of hydrogen-bond acceptors (Lipinski definition) is 7. The third-order valence-corrected chi connectivity index (χ3v) is 10.6. The molecule has 0 radical (unpaired) electrons. The number of carbonyl (C=O) groups is 2. The first kappa shape index (κ1) is 29.9. The second-order valence-corrected chi connectivity index (χ2v) is 13.6. The molecule has 9 rings (SSSR count). The molecule has 1 unspecified atom stereocenters. The number of furan rings is 1. The molecule has 1 atom stereocenters. The molecular weight excluding hydrogens is 625 g/mol. The number of ether oxygens (including phenoxy) is 1. The van der Waals surface area contributed by atoms with Crippen molar-refractivity contribution in [3.63, 3.8) is 0 Å². The summed E-state index contributed by atoms with van der Waals surface area (Å²) in [6.45, 7) is 4.18. The molecule has 2 aromatic heterocycles. The molecule has 250 valence electrons. The third kappa shape index (κ3) is 5.06. The van der Waals surface area contributed by atoms with Crippen LogP contribution in [0.2, 0.25) is 0 Å². The van der Waals surface area contributed by atoms with Crippen LogP contribution in [0.25, 0.3) is 27.6 Å². The topological polar surface area (TPSA) is 100 Å². The van der Waals surface area contributed by atoms with Crippen LogP contribution in [0.5, 0.6) is 11.5 Å². The van der Waals surface area contributed by atoms with E-state index in [2.05, 4.69) is 10.2 Å². The van der Waals surface area contributed by atoms with Gasteiger partial charge in [0.1, 0.15) is 22.4 Å². The fourth-order valence-corrected chi connectivity index (χ4v) is 8.14. The molecule has 0 spiro atoms. The van der Waals surface area contributed by atoms with E-state index in [1.165, 1.54) is 18.9 Å². The van der Waals surface area contributed by atoms with Gasteiger partial charge >= 0.3 is 0 Å². The third-order valence-electron chi connectivity index (χ3n) is 10.6. The SMILES string of the molecule is O=C(NC1CCN(c2c(F)cc3c(=O)c(C(=O)N4CCC(N5CCCC5)CC4)cn4c3c2Oc2ccccc2-4)C1)c1cc2ccccc2o1. The van der Waals surface area contributed by atoms with Gasteiger partial charge in [0.2, 0.25) is 5.43 Å². The van der Waals surface area contributed by atoms with E-state index < -0.39 is 11.2 Å². The van der Waals surface area contributed by atoms with Crippen molar-refractivity contribution in [2.45, 2.75) is 44.2 Å². The number of nitrogens with zero attached hydrogens (tertiary/aromatic N) is 4. The highest BCUT2D eigenvalue weighted by Crippen LogP contribution is 2.47. The van der Waals surface area contributed by atoms with Crippen molar-refractivity contribution in [3.8, 4) is 17.2 Å². The van der Waals surface area contributed by atoms with E-state index in [0.29, 0.717) is 61.2 Å². The van der Waals surface area contributed by atoms with Gasteiger partial charge in [-0.2, -0.15) is 0 Å². The van der Waals surface area contributed by atoms with E-state index in [0.717, 1.165) is 31.3 Å². The Morgan fingerprint density at radius 1 is 0.898 bits per heavy atom. The van der Waals surface area contributed by atoms with E-state index in [9.17, 15) is 14.4 Å². The number of rotatable bonds is 5. The number of fused-ring (bicyclic) bond motifs is 3. The van der Waals surface area contributed by atoms with Gasteiger partial charge < -0.3 is 33.7 Å². The van der Waals surface area contributed by atoms with E-state index in [4.69, 9.17) is 9.15 Å². The number of benzene rings is 3. The number of carbonyl (C=O) groups excluding carboxylic acids is 2. The molecule has 1 N–H and O–H groups in total. The van der Waals surface area contributed by atoms with Crippen LogP contribution in [0.1, 0.15) is 53.0 Å². The lowest BCUT2D eigenvalue weighted by atomic mass is 10.0. The monoisotopic (exact) mass is 661 g/mol. The van der Waals surface area contributed by atoms with Gasteiger partial charge in [-0.15, -0.1) is 0 Å². The summed E-state index contributed by atoms with van der Waals surface area (Å²) in [5, 5.41) is 3.97. The summed E-state index contributed by atoms with van der Waals surface area (Å²) in [6, 6.07) is 17.9. The summed E-state index contributed by atoms with van der Waals surface area (Å²) in [7, 11) is 0. The van der Waals surface area contributed by atoms with E-state index in [-0.39, 0.29) is 46.0 Å². The Labute approximate surface area is 281 Å². The summed E-state index contributed by atoms with van der Waals surface area (Å²) in [5.41, 5.74) is 1.45. The number of nitrogens with one attached hydrogen (secondary N) is 1. The predicted molar refractivity (Wildman–Crippen MR) is 184 cm³/mol. The number of amides is 2. The van der Waals surface area contributed by atoms with Crippen molar-refractivity contribution >= 4 is 39.4 Å². The first-order valence-electron chi connectivity index (χ1n) is 17.2. The lowest BCUT2D eigenvalue weighted by Gasteiger charge is -2.36. The maximum absolute atomic E-state index is 16.3. The molecule has 3 aromatic carbocycles. The van der Waals surface area contributed by atoms with Gasteiger partial charge in [-0.05, 0) is 75.5 Å². The Hall–Kier alpha value is -5.16. The average molecular weight is 662 g/mol. The number of likely N-dealkylation sites (tertiary alicyclic amines) is 2. The lowest BCUT2D eigenvalue weighted by molar-refractivity contribution is 0.0642. The number of piperidine rings is 1. The Kier molecular flexibility index (Phi) is 7.19. The zero-order valence-corrected chi connectivity index (χ0v) is 27.0. The summed E-state index contributed by atoms with van der Waals surface area (Å²) < 4.78 is 30.2. The number of anilines is 1.